The van der Waals surface area contributed by atoms with E-state index >= 15 is 0 Å². The molecule has 0 amide bonds. The molecule has 10 heavy (non-hydrogen) atoms. The first-order valence-electron chi connectivity index (χ1n) is 2.85. The number of hydrogen-bond acceptors (Lipinski definition) is 3. The molecule has 2 atom stereocenters. The Hall–Kier alpha value is 0.0274. The first-order valence-corrected chi connectivity index (χ1v) is 2.85. The topological polar surface area (TPSA) is 46.5 Å². The summed E-state index contributed by atoms with van der Waals surface area (Å²) in [6.07, 6.45) is -0.627. The van der Waals surface area contributed by atoms with Crippen molar-refractivity contribution in [2.75, 3.05) is 7.11 Å². The maximum absolute atomic E-state index is 10.6. The molecule has 0 rings (SSSR count). The Kier molecular flexibility index (Phi) is 7.34. The summed E-state index contributed by atoms with van der Waals surface area (Å²) in [5.41, 5.74) is 0. The molecular weight excluding hydrogens is 127 g/mol. The molecule has 1 N–H and O–H groups in total. The summed E-state index contributed by atoms with van der Waals surface area (Å²) in [7, 11) is 1.31. The number of carbonyl (C=O) groups excluding carboxylic acids is 1. The first-order chi connectivity index (χ1) is 4.09. The molecule has 0 unspecified atom stereocenters. The van der Waals surface area contributed by atoms with Crippen molar-refractivity contribution in [2.24, 2.45) is 5.92 Å². The van der Waals surface area contributed by atoms with Gasteiger partial charge in [-0.05, 0) is 13.8 Å². The zero-order valence-corrected chi connectivity index (χ0v) is 5.92. The van der Waals surface area contributed by atoms with Crippen LogP contribution in [0.5, 0.6) is 0 Å². The summed E-state index contributed by atoms with van der Waals surface area (Å²) in [5, 5.41) is 8.82. The molecular formula is C6H13LiO3. The summed E-state index contributed by atoms with van der Waals surface area (Å²) < 4.78 is 4.37. The van der Waals surface area contributed by atoms with Crippen LogP contribution < -0.4 is 0 Å². The van der Waals surface area contributed by atoms with Crippen molar-refractivity contribution in [3.05, 3.63) is 0 Å². The monoisotopic (exact) mass is 140 g/mol. The van der Waals surface area contributed by atoms with Crippen LogP contribution in [0.25, 0.3) is 0 Å². The van der Waals surface area contributed by atoms with Crippen molar-refractivity contribution >= 4 is 24.8 Å². The van der Waals surface area contributed by atoms with E-state index < -0.39 is 12.0 Å². The van der Waals surface area contributed by atoms with E-state index in [0.29, 0.717) is 0 Å². The van der Waals surface area contributed by atoms with E-state index in [-0.39, 0.29) is 24.8 Å². The van der Waals surface area contributed by atoms with E-state index in [2.05, 4.69) is 4.74 Å². The van der Waals surface area contributed by atoms with Crippen LogP contribution in [0.2, 0.25) is 0 Å². The van der Waals surface area contributed by atoms with Crippen LogP contribution in [0.4, 0.5) is 0 Å². The standard InChI is InChI=1S/C6H12O3.Li.H/c1-4(5(2)7)6(8)9-3;;/h4-5,7H,1-3H3;;/t4-,5-;;/m1../s1. The van der Waals surface area contributed by atoms with Gasteiger partial charge >= 0.3 is 24.8 Å². The number of aliphatic hydroxyl groups excluding tert-OH is 1. The Morgan fingerprint density at radius 3 is 2.00 bits per heavy atom. The normalized spacial score (nSPS) is 14.8. The van der Waals surface area contributed by atoms with Crippen LogP contribution in [0.3, 0.4) is 0 Å². The van der Waals surface area contributed by atoms with Gasteiger partial charge in [-0.3, -0.25) is 4.79 Å². The number of methoxy groups -OCH3 is 1. The van der Waals surface area contributed by atoms with Gasteiger partial charge in [-0.15, -0.1) is 0 Å². The number of rotatable bonds is 2. The minimum absolute atomic E-state index is 0. The molecule has 0 fully saturated rings. The number of esters is 1. The fourth-order valence-electron chi connectivity index (χ4n) is 0.383. The quantitative estimate of drug-likeness (QED) is 0.416. The van der Waals surface area contributed by atoms with Gasteiger partial charge in [0, 0.05) is 0 Å². The average molecular weight is 140 g/mol. The van der Waals surface area contributed by atoms with Crippen molar-refractivity contribution in [1.82, 2.24) is 0 Å². The maximum atomic E-state index is 10.6. The zero-order chi connectivity index (χ0) is 7.44. The van der Waals surface area contributed by atoms with Crippen molar-refractivity contribution in [1.29, 1.82) is 0 Å². The van der Waals surface area contributed by atoms with E-state index in [0.717, 1.165) is 0 Å². The van der Waals surface area contributed by atoms with Gasteiger partial charge in [-0.1, -0.05) is 0 Å². The number of ether oxygens (including phenoxy) is 1. The van der Waals surface area contributed by atoms with E-state index in [1.165, 1.54) is 7.11 Å². The van der Waals surface area contributed by atoms with Crippen LogP contribution in [0, 0.1) is 5.92 Å². The van der Waals surface area contributed by atoms with E-state index in [1.807, 2.05) is 0 Å². The fraction of sp³-hybridized carbons (Fsp3) is 0.833. The predicted octanol–water partition coefficient (Wildman–Crippen LogP) is -0.472. The molecule has 0 aromatic heterocycles. The Morgan fingerprint density at radius 1 is 1.50 bits per heavy atom. The minimum atomic E-state index is -0.627. The number of aliphatic hydroxyl groups is 1. The molecule has 0 saturated heterocycles. The number of carbonyl (C=O) groups is 1. The summed E-state index contributed by atoms with van der Waals surface area (Å²) in [5.74, 6) is -0.792. The van der Waals surface area contributed by atoms with E-state index in [4.69, 9.17) is 5.11 Å². The molecule has 4 heteroatoms. The molecule has 0 aliphatic heterocycles. The van der Waals surface area contributed by atoms with Crippen LogP contribution in [-0.4, -0.2) is 43.2 Å². The average Bonchev–Trinajstić information content (AvgIpc) is 1.84. The van der Waals surface area contributed by atoms with E-state index in [1.54, 1.807) is 13.8 Å². The molecule has 0 aliphatic carbocycles. The van der Waals surface area contributed by atoms with Gasteiger partial charge in [0.15, 0.2) is 0 Å². The first kappa shape index (κ1) is 12.7. The van der Waals surface area contributed by atoms with Gasteiger partial charge in [0.1, 0.15) is 0 Å². The Labute approximate surface area is 72.9 Å². The van der Waals surface area contributed by atoms with Crippen LogP contribution >= 0.6 is 0 Å². The van der Waals surface area contributed by atoms with Crippen LogP contribution in [0.15, 0.2) is 0 Å². The van der Waals surface area contributed by atoms with Gasteiger partial charge in [-0.25, -0.2) is 0 Å². The Morgan fingerprint density at radius 2 is 1.90 bits per heavy atom. The second kappa shape index (κ2) is 5.79. The Bertz CT molecular complexity index is 103. The van der Waals surface area contributed by atoms with E-state index in [9.17, 15) is 4.79 Å². The summed E-state index contributed by atoms with van der Waals surface area (Å²) in [6.45, 7) is 3.18. The zero-order valence-electron chi connectivity index (χ0n) is 5.92. The second-order valence-electron chi connectivity index (χ2n) is 2.05. The van der Waals surface area contributed by atoms with Gasteiger partial charge in [0.2, 0.25) is 0 Å². The molecule has 3 nitrogen and oxygen atoms in total. The van der Waals surface area contributed by atoms with Crippen molar-refractivity contribution in [3.8, 4) is 0 Å². The third-order valence-corrected chi connectivity index (χ3v) is 1.30. The molecule has 0 heterocycles. The molecule has 0 saturated carbocycles. The van der Waals surface area contributed by atoms with Crippen LogP contribution in [0.1, 0.15) is 13.8 Å². The molecule has 0 aromatic carbocycles. The number of hydrogen-bond donors (Lipinski definition) is 1. The molecule has 0 aromatic rings. The Balaban J connectivity index is 0. The molecule has 0 bridgehead atoms. The van der Waals surface area contributed by atoms with Crippen molar-refractivity contribution < 1.29 is 14.6 Å². The van der Waals surface area contributed by atoms with Crippen molar-refractivity contribution in [3.63, 3.8) is 0 Å². The third kappa shape index (κ3) is 3.94. The predicted molar refractivity (Wildman–Crippen MR) is 40.0 cm³/mol. The van der Waals surface area contributed by atoms with Gasteiger partial charge in [0.25, 0.3) is 0 Å². The summed E-state index contributed by atoms with van der Waals surface area (Å²) in [4.78, 5) is 10.6. The molecule has 56 valence electrons. The SMILES string of the molecule is COC(=O)[C@H](C)[C@@H](C)O.[LiH]. The molecule has 0 radical (unpaired) electrons. The molecule has 0 spiro atoms. The summed E-state index contributed by atoms with van der Waals surface area (Å²) >= 11 is 0. The van der Waals surface area contributed by atoms with Gasteiger partial charge in [0.05, 0.1) is 19.1 Å². The second-order valence-corrected chi connectivity index (χ2v) is 2.05. The van der Waals surface area contributed by atoms with Gasteiger partial charge < -0.3 is 9.84 Å². The summed E-state index contributed by atoms with van der Waals surface area (Å²) in [6, 6.07) is 0. The molecule has 0 aliphatic rings. The van der Waals surface area contributed by atoms with Crippen LogP contribution in [-0.2, 0) is 9.53 Å². The fourth-order valence-corrected chi connectivity index (χ4v) is 0.383. The van der Waals surface area contributed by atoms with Crippen molar-refractivity contribution in [2.45, 2.75) is 20.0 Å². The van der Waals surface area contributed by atoms with Gasteiger partial charge in [-0.2, -0.15) is 0 Å². The third-order valence-electron chi connectivity index (χ3n) is 1.30.